The van der Waals surface area contributed by atoms with Crippen LogP contribution < -0.4 is 0 Å². The highest BCUT2D eigenvalue weighted by Crippen LogP contribution is 2.47. The van der Waals surface area contributed by atoms with E-state index in [-0.39, 0.29) is 30.3 Å². The van der Waals surface area contributed by atoms with Gasteiger partial charge >= 0.3 is 0 Å². The van der Waals surface area contributed by atoms with Crippen LogP contribution in [-0.2, 0) is 0 Å². The fourth-order valence-electron chi connectivity index (χ4n) is 0.593. The number of benzene rings is 1. The van der Waals surface area contributed by atoms with E-state index in [1.165, 1.54) is 0 Å². The summed E-state index contributed by atoms with van der Waals surface area (Å²) in [4.78, 5) is 0. The molecule has 1 N–H and O–H groups in total. The van der Waals surface area contributed by atoms with Gasteiger partial charge in [-0.05, 0) is 15.9 Å². The summed E-state index contributed by atoms with van der Waals surface area (Å²) in [5.74, 6) is -0.212. The quantitative estimate of drug-likeness (QED) is 0.540. The Balaban J connectivity index is 3.60. The molecule has 0 saturated carbocycles. The van der Waals surface area contributed by atoms with E-state index in [4.69, 9.17) is 46.4 Å². The lowest BCUT2D eigenvalue weighted by Crippen LogP contribution is -1.79. The molecule has 1 aromatic rings. The van der Waals surface area contributed by atoms with Crippen molar-refractivity contribution >= 4 is 62.3 Å². The molecule has 1 nitrogen and oxygen atoms in total. The molecule has 0 heterocycles. The van der Waals surface area contributed by atoms with Crippen molar-refractivity contribution in [1.29, 1.82) is 0 Å². The Bertz CT molecular complexity index is 234. The van der Waals surface area contributed by atoms with Crippen molar-refractivity contribution in [2.24, 2.45) is 0 Å². The minimum absolute atomic E-state index is 0.0158. The average molecular weight is 311 g/mol. The predicted molar refractivity (Wildman–Crippen MR) is 55.8 cm³/mol. The van der Waals surface area contributed by atoms with Gasteiger partial charge in [-0.2, -0.15) is 0 Å². The zero-order chi connectivity index (χ0) is 9.46. The average Bonchev–Trinajstić information content (AvgIpc) is 2.08. The van der Waals surface area contributed by atoms with Gasteiger partial charge in [0.05, 0.1) is 19.5 Å². The van der Waals surface area contributed by atoms with E-state index in [9.17, 15) is 5.11 Å². The zero-order valence-electron chi connectivity index (χ0n) is 5.34. The summed E-state index contributed by atoms with van der Waals surface area (Å²) in [5, 5.41) is 9.58. The number of aromatic hydroxyl groups is 1. The Hall–Kier alpha value is 0.660. The molecule has 0 unspecified atom stereocenters. The smallest absolute Gasteiger partial charge is 0.151 e. The molecular formula is C6HBrCl4O. The van der Waals surface area contributed by atoms with Crippen LogP contribution in [0.4, 0.5) is 0 Å². The summed E-state index contributed by atoms with van der Waals surface area (Å²) >= 11 is 25.6. The predicted octanol–water partition coefficient (Wildman–Crippen LogP) is 4.77. The van der Waals surface area contributed by atoms with Gasteiger partial charge in [-0.1, -0.05) is 46.4 Å². The van der Waals surface area contributed by atoms with Gasteiger partial charge in [0.25, 0.3) is 0 Å². The summed E-state index contributed by atoms with van der Waals surface area (Å²) in [6.45, 7) is 0. The second-order valence-corrected chi connectivity index (χ2v) is 4.22. The number of hydrogen-bond donors (Lipinski definition) is 1. The largest absolute Gasteiger partial charge is 0.505 e. The zero-order valence-corrected chi connectivity index (χ0v) is 9.95. The summed E-state index contributed by atoms with van der Waals surface area (Å²) in [5.41, 5.74) is 0. The Morgan fingerprint density at radius 3 is 1.75 bits per heavy atom. The van der Waals surface area contributed by atoms with E-state index in [0.717, 1.165) is 0 Å². The maximum absolute atomic E-state index is 9.29. The lowest BCUT2D eigenvalue weighted by molar-refractivity contribution is 0.472. The van der Waals surface area contributed by atoms with Crippen LogP contribution in [0.2, 0.25) is 20.1 Å². The first-order valence-corrected chi connectivity index (χ1v) is 4.97. The molecule has 1 aromatic carbocycles. The van der Waals surface area contributed by atoms with Crippen LogP contribution in [0.5, 0.6) is 5.75 Å². The summed E-state index contributed by atoms with van der Waals surface area (Å²) < 4.78 is 0.239. The second-order valence-electron chi connectivity index (χ2n) is 1.92. The fraction of sp³-hybridized carbons (Fsp3) is 0. The SMILES string of the molecule is Oc1c(Cl)c(Cl)c(Cl)c(Cl)c1Br. The number of rotatable bonds is 0. The van der Waals surface area contributed by atoms with Gasteiger partial charge in [0.1, 0.15) is 5.02 Å². The Labute approximate surface area is 97.3 Å². The van der Waals surface area contributed by atoms with Crippen molar-refractivity contribution in [2.45, 2.75) is 0 Å². The van der Waals surface area contributed by atoms with Gasteiger partial charge in [-0.3, -0.25) is 0 Å². The second kappa shape index (κ2) is 3.81. The molecule has 0 aliphatic heterocycles. The highest BCUT2D eigenvalue weighted by atomic mass is 79.9. The third-order valence-corrected chi connectivity index (χ3v) is 3.98. The van der Waals surface area contributed by atoms with Gasteiger partial charge < -0.3 is 5.11 Å². The maximum Gasteiger partial charge on any atom is 0.151 e. The molecule has 6 heteroatoms. The maximum atomic E-state index is 9.29. The van der Waals surface area contributed by atoms with Gasteiger partial charge in [0.15, 0.2) is 5.75 Å². The van der Waals surface area contributed by atoms with E-state index in [1.54, 1.807) is 0 Å². The van der Waals surface area contributed by atoms with Crippen LogP contribution in [0.15, 0.2) is 4.47 Å². The minimum Gasteiger partial charge on any atom is -0.505 e. The first-order valence-electron chi connectivity index (χ1n) is 2.67. The van der Waals surface area contributed by atoms with Crippen LogP contribution >= 0.6 is 62.3 Å². The molecule has 0 spiro atoms. The molecule has 66 valence electrons. The van der Waals surface area contributed by atoms with Crippen LogP contribution in [0.1, 0.15) is 0 Å². The molecule has 0 amide bonds. The van der Waals surface area contributed by atoms with Gasteiger partial charge in [0.2, 0.25) is 0 Å². The Morgan fingerprint density at radius 1 is 0.833 bits per heavy atom. The van der Waals surface area contributed by atoms with Crippen molar-refractivity contribution in [3.05, 3.63) is 24.6 Å². The number of halogens is 5. The summed E-state index contributed by atoms with van der Waals surface area (Å²) in [7, 11) is 0. The third-order valence-electron chi connectivity index (χ3n) is 1.19. The highest BCUT2D eigenvalue weighted by molar-refractivity contribution is 9.10. The monoisotopic (exact) mass is 308 g/mol. The molecule has 0 fully saturated rings. The van der Waals surface area contributed by atoms with E-state index in [0.29, 0.717) is 0 Å². The van der Waals surface area contributed by atoms with Crippen molar-refractivity contribution in [3.8, 4) is 5.75 Å². The summed E-state index contributed by atoms with van der Waals surface area (Å²) in [6.07, 6.45) is 0. The molecule has 1 rings (SSSR count). The standard InChI is InChI=1S/C6HBrCl4O/c7-1-2(8)3(9)4(10)5(11)6(1)12/h12H. The van der Waals surface area contributed by atoms with Gasteiger partial charge in [-0.15, -0.1) is 0 Å². The molecule has 0 aromatic heterocycles. The normalized spacial score (nSPS) is 10.4. The molecule has 0 saturated heterocycles. The van der Waals surface area contributed by atoms with Gasteiger partial charge in [0, 0.05) is 0 Å². The van der Waals surface area contributed by atoms with Crippen molar-refractivity contribution in [3.63, 3.8) is 0 Å². The Kier molecular flexibility index (Phi) is 3.41. The third kappa shape index (κ3) is 1.64. The van der Waals surface area contributed by atoms with Crippen molar-refractivity contribution < 1.29 is 5.11 Å². The van der Waals surface area contributed by atoms with Gasteiger partial charge in [-0.25, -0.2) is 0 Å². The van der Waals surface area contributed by atoms with Crippen molar-refractivity contribution in [1.82, 2.24) is 0 Å². The highest BCUT2D eigenvalue weighted by Gasteiger charge is 2.17. The molecule has 0 bridgehead atoms. The lowest BCUT2D eigenvalue weighted by atomic mass is 10.3. The number of hydrogen-bond acceptors (Lipinski definition) is 1. The van der Waals surface area contributed by atoms with E-state index >= 15 is 0 Å². The molecule has 0 aliphatic rings. The van der Waals surface area contributed by atoms with E-state index in [1.807, 2.05) is 0 Å². The van der Waals surface area contributed by atoms with Crippen LogP contribution in [0.3, 0.4) is 0 Å². The summed E-state index contributed by atoms with van der Waals surface area (Å²) in [6, 6.07) is 0. The molecule has 12 heavy (non-hydrogen) atoms. The fourth-order valence-corrected chi connectivity index (χ4v) is 2.06. The molecule has 0 atom stereocenters. The van der Waals surface area contributed by atoms with Crippen molar-refractivity contribution in [2.75, 3.05) is 0 Å². The molecule has 0 radical (unpaired) electrons. The first-order chi connectivity index (χ1) is 5.46. The minimum atomic E-state index is -0.212. The lowest BCUT2D eigenvalue weighted by Gasteiger charge is -2.06. The van der Waals surface area contributed by atoms with E-state index in [2.05, 4.69) is 15.9 Å². The van der Waals surface area contributed by atoms with Crippen LogP contribution in [-0.4, -0.2) is 5.11 Å². The number of phenols is 1. The van der Waals surface area contributed by atoms with Crippen LogP contribution in [0.25, 0.3) is 0 Å². The Morgan fingerprint density at radius 2 is 1.25 bits per heavy atom. The first kappa shape index (κ1) is 10.7. The van der Waals surface area contributed by atoms with Crippen LogP contribution in [0, 0.1) is 0 Å². The molecule has 0 aliphatic carbocycles. The number of phenolic OH excluding ortho intramolecular Hbond substituents is 1. The topological polar surface area (TPSA) is 20.2 Å². The van der Waals surface area contributed by atoms with E-state index < -0.39 is 0 Å². The molecular weight excluding hydrogens is 310 g/mol.